The molecule has 0 radical (unpaired) electrons. The molecule has 1 aromatic heterocycles. The first-order valence-corrected chi connectivity index (χ1v) is 9.51. The van der Waals surface area contributed by atoms with Gasteiger partial charge in [-0.15, -0.1) is 17.9 Å². The Morgan fingerprint density at radius 3 is 2.56 bits per heavy atom. The third-order valence-electron chi connectivity index (χ3n) is 3.78. The molecule has 0 aliphatic rings. The zero-order valence-corrected chi connectivity index (χ0v) is 16.9. The quantitative estimate of drug-likeness (QED) is 0.549. The van der Waals surface area contributed by atoms with Crippen molar-refractivity contribution in [3.05, 3.63) is 53.6 Å². The lowest BCUT2D eigenvalue weighted by Gasteiger charge is -2.19. The number of benzene rings is 1. The van der Waals surface area contributed by atoms with Crippen molar-refractivity contribution in [2.24, 2.45) is 0 Å². The van der Waals surface area contributed by atoms with E-state index in [0.29, 0.717) is 17.4 Å². The molecule has 0 fully saturated rings. The molecule has 1 amide bonds. The van der Waals surface area contributed by atoms with Gasteiger partial charge in [-0.25, -0.2) is 9.78 Å². The number of hydrogen-bond donors (Lipinski definition) is 2. The molecule has 0 spiro atoms. The van der Waals surface area contributed by atoms with Crippen LogP contribution in [-0.2, 0) is 14.9 Å². The number of esters is 1. The van der Waals surface area contributed by atoms with Crippen molar-refractivity contribution in [3.8, 4) is 0 Å². The summed E-state index contributed by atoms with van der Waals surface area (Å²) in [6.45, 7) is 12.1. The molecule has 0 saturated heterocycles. The SMILES string of the molecule is C=CCNc1nc(C(=O)OC(C)C(=O)Nc2ccc(C(C)(C)C)cc2)cs1. The Morgan fingerprint density at radius 1 is 1.30 bits per heavy atom. The summed E-state index contributed by atoms with van der Waals surface area (Å²) >= 11 is 1.29. The van der Waals surface area contributed by atoms with Crippen LogP contribution in [0, 0.1) is 0 Å². The standard InChI is InChI=1S/C20H25N3O3S/c1-6-11-21-19-23-16(12-27-19)18(25)26-13(2)17(24)22-15-9-7-14(8-10-15)20(3,4)5/h6-10,12-13H,1,11H2,2-5H3,(H,21,23)(H,22,24). The van der Waals surface area contributed by atoms with Crippen molar-refractivity contribution in [3.63, 3.8) is 0 Å². The molecule has 0 aliphatic carbocycles. The zero-order chi connectivity index (χ0) is 20.0. The predicted molar refractivity (Wildman–Crippen MR) is 109 cm³/mol. The van der Waals surface area contributed by atoms with Gasteiger partial charge in [0.15, 0.2) is 16.9 Å². The number of thiazole rings is 1. The number of anilines is 2. The molecule has 1 aromatic carbocycles. The molecular weight excluding hydrogens is 362 g/mol. The monoisotopic (exact) mass is 387 g/mol. The van der Waals surface area contributed by atoms with Gasteiger partial charge in [0.1, 0.15) is 0 Å². The van der Waals surface area contributed by atoms with E-state index in [2.05, 4.69) is 43.0 Å². The molecule has 1 unspecified atom stereocenters. The van der Waals surface area contributed by atoms with Gasteiger partial charge in [0.05, 0.1) is 0 Å². The van der Waals surface area contributed by atoms with E-state index in [1.807, 2.05) is 24.3 Å². The normalized spacial score (nSPS) is 12.1. The van der Waals surface area contributed by atoms with Crippen LogP contribution in [0.25, 0.3) is 0 Å². The fourth-order valence-corrected chi connectivity index (χ4v) is 2.87. The first-order chi connectivity index (χ1) is 12.7. The van der Waals surface area contributed by atoms with Gasteiger partial charge in [-0.3, -0.25) is 4.79 Å². The first kappa shape index (κ1) is 20.6. The number of rotatable bonds is 7. The van der Waals surface area contributed by atoms with Crippen LogP contribution in [0.2, 0.25) is 0 Å². The number of nitrogens with zero attached hydrogens (tertiary/aromatic N) is 1. The zero-order valence-electron chi connectivity index (χ0n) is 16.0. The van der Waals surface area contributed by atoms with E-state index in [9.17, 15) is 9.59 Å². The maximum absolute atomic E-state index is 12.3. The van der Waals surface area contributed by atoms with Gasteiger partial charge in [-0.05, 0) is 30.0 Å². The van der Waals surface area contributed by atoms with Crippen LogP contribution in [0.5, 0.6) is 0 Å². The van der Waals surface area contributed by atoms with Gasteiger partial charge in [0.25, 0.3) is 5.91 Å². The molecule has 6 nitrogen and oxygen atoms in total. The van der Waals surface area contributed by atoms with Crippen molar-refractivity contribution in [1.82, 2.24) is 4.98 Å². The molecule has 0 saturated carbocycles. The lowest BCUT2D eigenvalue weighted by atomic mass is 9.87. The average Bonchev–Trinajstić information content (AvgIpc) is 3.08. The number of nitrogens with one attached hydrogen (secondary N) is 2. The van der Waals surface area contributed by atoms with Crippen molar-refractivity contribution in [2.75, 3.05) is 17.2 Å². The number of aromatic nitrogens is 1. The Kier molecular flexibility index (Phi) is 6.74. The predicted octanol–water partition coefficient (Wildman–Crippen LogP) is 4.22. The maximum Gasteiger partial charge on any atom is 0.358 e. The van der Waals surface area contributed by atoms with Crippen LogP contribution in [0.4, 0.5) is 10.8 Å². The smallest absolute Gasteiger partial charge is 0.358 e. The van der Waals surface area contributed by atoms with E-state index in [1.165, 1.54) is 23.8 Å². The van der Waals surface area contributed by atoms with Crippen molar-refractivity contribution in [1.29, 1.82) is 0 Å². The van der Waals surface area contributed by atoms with Gasteiger partial charge in [-0.2, -0.15) is 0 Å². The summed E-state index contributed by atoms with van der Waals surface area (Å²) in [7, 11) is 0. The van der Waals surface area contributed by atoms with Crippen LogP contribution in [-0.4, -0.2) is 29.5 Å². The minimum atomic E-state index is -0.939. The Morgan fingerprint density at radius 2 is 1.96 bits per heavy atom. The Hall–Kier alpha value is -2.67. The molecule has 0 aliphatic heterocycles. The summed E-state index contributed by atoms with van der Waals surface area (Å²) in [4.78, 5) is 28.6. The second-order valence-electron chi connectivity index (χ2n) is 7.07. The van der Waals surface area contributed by atoms with Crippen LogP contribution in [0.3, 0.4) is 0 Å². The van der Waals surface area contributed by atoms with Crippen LogP contribution in [0.15, 0.2) is 42.3 Å². The minimum absolute atomic E-state index is 0.0400. The van der Waals surface area contributed by atoms with Gasteiger partial charge < -0.3 is 15.4 Å². The summed E-state index contributed by atoms with van der Waals surface area (Å²) in [5.41, 5.74) is 2.03. The molecule has 1 atom stereocenters. The Balaban J connectivity index is 1.92. The summed E-state index contributed by atoms with van der Waals surface area (Å²) in [5.74, 6) is -1.03. The van der Waals surface area contributed by atoms with E-state index in [0.717, 1.165) is 0 Å². The third kappa shape index (κ3) is 5.92. The average molecular weight is 388 g/mol. The third-order valence-corrected chi connectivity index (χ3v) is 4.58. The van der Waals surface area contributed by atoms with Gasteiger partial charge in [-0.1, -0.05) is 39.0 Å². The fourth-order valence-electron chi connectivity index (χ4n) is 2.18. The number of carbonyl (C=O) groups is 2. The Bertz CT molecular complexity index is 807. The molecule has 2 N–H and O–H groups in total. The molecule has 1 heterocycles. The highest BCUT2D eigenvalue weighted by atomic mass is 32.1. The highest BCUT2D eigenvalue weighted by Crippen LogP contribution is 2.23. The number of ether oxygens (including phenoxy) is 1. The number of carbonyl (C=O) groups excluding carboxylic acids is 2. The first-order valence-electron chi connectivity index (χ1n) is 8.63. The van der Waals surface area contributed by atoms with Crippen molar-refractivity contribution >= 4 is 34.0 Å². The second-order valence-corrected chi connectivity index (χ2v) is 7.93. The summed E-state index contributed by atoms with van der Waals surface area (Å²) in [6.07, 6.45) is 0.755. The summed E-state index contributed by atoms with van der Waals surface area (Å²) in [6, 6.07) is 7.62. The van der Waals surface area contributed by atoms with E-state index < -0.39 is 18.0 Å². The lowest BCUT2D eigenvalue weighted by Crippen LogP contribution is -2.30. The van der Waals surface area contributed by atoms with E-state index >= 15 is 0 Å². The van der Waals surface area contributed by atoms with E-state index in [4.69, 9.17) is 4.74 Å². The molecule has 27 heavy (non-hydrogen) atoms. The fraction of sp³-hybridized carbons (Fsp3) is 0.350. The molecule has 0 bridgehead atoms. The minimum Gasteiger partial charge on any atom is -0.448 e. The topological polar surface area (TPSA) is 80.3 Å². The van der Waals surface area contributed by atoms with E-state index in [1.54, 1.807) is 11.5 Å². The molecule has 2 aromatic rings. The Labute approximate surface area is 163 Å². The van der Waals surface area contributed by atoms with Crippen LogP contribution in [0.1, 0.15) is 43.7 Å². The van der Waals surface area contributed by atoms with Crippen LogP contribution < -0.4 is 10.6 Å². The molecule has 144 valence electrons. The summed E-state index contributed by atoms with van der Waals surface area (Å²) in [5, 5.41) is 7.93. The van der Waals surface area contributed by atoms with Crippen molar-refractivity contribution < 1.29 is 14.3 Å². The highest BCUT2D eigenvalue weighted by molar-refractivity contribution is 7.13. The van der Waals surface area contributed by atoms with Crippen LogP contribution >= 0.6 is 11.3 Å². The van der Waals surface area contributed by atoms with Gasteiger partial charge in [0.2, 0.25) is 0 Å². The summed E-state index contributed by atoms with van der Waals surface area (Å²) < 4.78 is 5.21. The molecule has 2 rings (SSSR count). The maximum atomic E-state index is 12.3. The second kappa shape index (κ2) is 8.81. The van der Waals surface area contributed by atoms with E-state index in [-0.39, 0.29) is 11.1 Å². The van der Waals surface area contributed by atoms with Gasteiger partial charge in [0, 0.05) is 17.6 Å². The van der Waals surface area contributed by atoms with Crippen molar-refractivity contribution in [2.45, 2.75) is 39.2 Å². The molecular formula is C20H25N3O3S. The molecule has 7 heteroatoms. The number of amides is 1. The van der Waals surface area contributed by atoms with Gasteiger partial charge >= 0.3 is 5.97 Å². The lowest BCUT2D eigenvalue weighted by molar-refractivity contribution is -0.123. The largest absolute Gasteiger partial charge is 0.448 e. The highest BCUT2D eigenvalue weighted by Gasteiger charge is 2.21. The number of hydrogen-bond acceptors (Lipinski definition) is 6.